The van der Waals surface area contributed by atoms with E-state index in [-0.39, 0.29) is 5.91 Å². The Kier molecular flexibility index (Phi) is 3.38. The van der Waals surface area contributed by atoms with Gasteiger partial charge in [0.1, 0.15) is 0 Å². The van der Waals surface area contributed by atoms with Gasteiger partial charge in [-0.05, 0) is 25.7 Å². The van der Waals surface area contributed by atoms with E-state index in [0.29, 0.717) is 16.1 Å². The van der Waals surface area contributed by atoms with Gasteiger partial charge in [0.05, 0.1) is 0 Å². The van der Waals surface area contributed by atoms with Gasteiger partial charge in [-0.25, -0.2) is 0 Å². The Bertz CT molecular complexity index is 375. The summed E-state index contributed by atoms with van der Waals surface area (Å²) in [6, 6.07) is 0. The highest BCUT2D eigenvalue weighted by Gasteiger charge is 2.27. The molecule has 0 saturated heterocycles. The molecule has 0 unspecified atom stereocenters. The first-order chi connectivity index (χ1) is 7.74. The largest absolute Gasteiger partial charge is 0.363 e. The van der Waals surface area contributed by atoms with Gasteiger partial charge in [0.15, 0.2) is 0 Å². The van der Waals surface area contributed by atoms with Crippen molar-refractivity contribution < 1.29 is 4.79 Å². The Morgan fingerprint density at radius 2 is 2.31 bits per heavy atom. The number of hydrogen-bond donors (Lipinski definition) is 1. The number of anilines is 1. The second kappa shape index (κ2) is 4.78. The van der Waals surface area contributed by atoms with Crippen molar-refractivity contribution in [2.45, 2.75) is 19.8 Å². The highest BCUT2D eigenvalue weighted by atomic mass is 32.1. The highest BCUT2D eigenvalue weighted by molar-refractivity contribution is 7.17. The molecule has 88 valence electrons. The minimum Gasteiger partial charge on any atom is -0.363 e. The van der Waals surface area contributed by atoms with E-state index in [2.05, 4.69) is 15.5 Å². The molecule has 1 aliphatic carbocycles. The Hall–Kier alpha value is -1.17. The lowest BCUT2D eigenvalue weighted by atomic mass is 10.3. The molecule has 0 spiro atoms. The molecule has 0 radical (unpaired) electrons. The zero-order valence-corrected chi connectivity index (χ0v) is 10.4. The van der Waals surface area contributed by atoms with E-state index < -0.39 is 0 Å². The van der Waals surface area contributed by atoms with Crippen LogP contribution in [0.5, 0.6) is 0 Å². The fourth-order valence-electron chi connectivity index (χ4n) is 1.51. The second-order valence-electron chi connectivity index (χ2n) is 3.95. The van der Waals surface area contributed by atoms with Gasteiger partial charge in [-0.15, -0.1) is 10.2 Å². The topological polar surface area (TPSA) is 58.1 Å². The number of rotatable bonds is 5. The zero-order valence-electron chi connectivity index (χ0n) is 9.56. The van der Waals surface area contributed by atoms with Gasteiger partial charge in [0.25, 0.3) is 5.91 Å². The monoisotopic (exact) mass is 240 g/mol. The fourth-order valence-corrected chi connectivity index (χ4v) is 2.18. The molecule has 1 aromatic heterocycles. The highest BCUT2D eigenvalue weighted by Crippen LogP contribution is 2.30. The van der Waals surface area contributed by atoms with E-state index in [1.165, 1.54) is 24.2 Å². The Morgan fingerprint density at radius 3 is 2.81 bits per heavy atom. The predicted octanol–water partition coefficient (Wildman–Crippen LogP) is 1.45. The van der Waals surface area contributed by atoms with Crippen LogP contribution in [0.3, 0.4) is 0 Å². The Labute approximate surface area is 98.9 Å². The first-order valence-electron chi connectivity index (χ1n) is 5.55. The van der Waals surface area contributed by atoms with Crippen LogP contribution >= 0.6 is 11.3 Å². The second-order valence-corrected chi connectivity index (χ2v) is 4.93. The average molecular weight is 240 g/mol. The van der Waals surface area contributed by atoms with Crippen molar-refractivity contribution in [3.05, 3.63) is 5.01 Å². The summed E-state index contributed by atoms with van der Waals surface area (Å²) < 4.78 is 0. The summed E-state index contributed by atoms with van der Waals surface area (Å²) in [5.41, 5.74) is 0. The van der Waals surface area contributed by atoms with Crippen molar-refractivity contribution in [2.24, 2.45) is 5.92 Å². The summed E-state index contributed by atoms with van der Waals surface area (Å²) in [6.07, 6.45) is 2.50. The van der Waals surface area contributed by atoms with E-state index in [1.807, 2.05) is 11.8 Å². The van der Waals surface area contributed by atoms with Crippen LogP contribution in [0.1, 0.15) is 29.6 Å². The summed E-state index contributed by atoms with van der Waals surface area (Å²) in [5, 5.41) is 11.8. The van der Waals surface area contributed by atoms with Gasteiger partial charge < -0.3 is 10.2 Å². The maximum Gasteiger partial charge on any atom is 0.284 e. The molecule has 1 aliphatic rings. The van der Waals surface area contributed by atoms with Crippen molar-refractivity contribution >= 4 is 22.4 Å². The van der Waals surface area contributed by atoms with Gasteiger partial charge in [0, 0.05) is 20.1 Å². The lowest BCUT2D eigenvalue weighted by Gasteiger charge is -2.18. The summed E-state index contributed by atoms with van der Waals surface area (Å²) in [5.74, 6) is 0.717. The smallest absolute Gasteiger partial charge is 0.284 e. The minimum atomic E-state index is 0.00778. The number of carbonyl (C=O) groups excluding carboxylic acids is 1. The molecule has 2 rings (SSSR count). The first-order valence-corrected chi connectivity index (χ1v) is 6.36. The zero-order chi connectivity index (χ0) is 11.5. The standard InChI is InChI=1S/C10H16N4OS/c1-3-14(6-7-4-5-7)9(15)8-12-13-10(11-2)16-8/h7H,3-6H2,1-2H3,(H,11,13). The van der Waals surface area contributed by atoms with E-state index in [9.17, 15) is 4.79 Å². The third-order valence-electron chi connectivity index (χ3n) is 2.67. The number of amides is 1. The van der Waals surface area contributed by atoms with Gasteiger partial charge in [-0.3, -0.25) is 4.79 Å². The van der Waals surface area contributed by atoms with Gasteiger partial charge in [-0.1, -0.05) is 11.3 Å². The maximum atomic E-state index is 12.1. The molecule has 1 fully saturated rings. The molecule has 1 N–H and O–H groups in total. The number of carbonyl (C=O) groups is 1. The normalized spacial score (nSPS) is 14.9. The van der Waals surface area contributed by atoms with Gasteiger partial charge in [0.2, 0.25) is 10.1 Å². The lowest BCUT2D eigenvalue weighted by Crippen LogP contribution is -2.32. The van der Waals surface area contributed by atoms with Crippen molar-refractivity contribution in [1.29, 1.82) is 0 Å². The summed E-state index contributed by atoms with van der Waals surface area (Å²) in [6.45, 7) is 3.61. The predicted molar refractivity (Wildman–Crippen MR) is 63.8 cm³/mol. The van der Waals surface area contributed by atoms with Crippen LogP contribution in [0.15, 0.2) is 0 Å². The first kappa shape index (κ1) is 11.3. The molecule has 1 amide bonds. The molecule has 1 heterocycles. The number of aromatic nitrogens is 2. The molecular formula is C10H16N4OS. The SMILES string of the molecule is CCN(CC1CC1)C(=O)c1nnc(NC)s1. The van der Waals surface area contributed by atoms with E-state index in [1.54, 1.807) is 7.05 Å². The Balaban J connectivity index is 2.02. The molecule has 1 saturated carbocycles. The summed E-state index contributed by atoms with van der Waals surface area (Å²) >= 11 is 1.31. The lowest BCUT2D eigenvalue weighted by molar-refractivity contribution is 0.0755. The van der Waals surface area contributed by atoms with E-state index >= 15 is 0 Å². The quantitative estimate of drug-likeness (QED) is 0.846. The van der Waals surface area contributed by atoms with Gasteiger partial charge >= 0.3 is 0 Å². The van der Waals surface area contributed by atoms with Crippen LogP contribution in [0.25, 0.3) is 0 Å². The van der Waals surface area contributed by atoms with E-state index in [0.717, 1.165) is 13.1 Å². The molecule has 6 heteroatoms. The molecule has 1 aromatic rings. The molecule has 0 atom stereocenters. The third-order valence-corrected chi connectivity index (χ3v) is 3.60. The van der Waals surface area contributed by atoms with Crippen molar-refractivity contribution in [3.63, 3.8) is 0 Å². The van der Waals surface area contributed by atoms with Crippen LogP contribution in [0.4, 0.5) is 5.13 Å². The van der Waals surface area contributed by atoms with Crippen molar-refractivity contribution in [2.75, 3.05) is 25.5 Å². The van der Waals surface area contributed by atoms with Crippen LogP contribution in [0.2, 0.25) is 0 Å². The minimum absolute atomic E-state index is 0.00778. The molecule has 0 aromatic carbocycles. The fraction of sp³-hybridized carbons (Fsp3) is 0.700. The number of nitrogens with one attached hydrogen (secondary N) is 1. The van der Waals surface area contributed by atoms with E-state index in [4.69, 9.17) is 0 Å². The molecule has 5 nitrogen and oxygen atoms in total. The summed E-state index contributed by atoms with van der Waals surface area (Å²) in [7, 11) is 1.77. The molecule has 16 heavy (non-hydrogen) atoms. The summed E-state index contributed by atoms with van der Waals surface area (Å²) in [4.78, 5) is 13.9. The molecule has 0 bridgehead atoms. The third kappa shape index (κ3) is 2.49. The van der Waals surface area contributed by atoms with Crippen LogP contribution in [-0.4, -0.2) is 41.1 Å². The average Bonchev–Trinajstić information content (AvgIpc) is 2.99. The van der Waals surface area contributed by atoms with Crippen LogP contribution < -0.4 is 5.32 Å². The Morgan fingerprint density at radius 1 is 1.56 bits per heavy atom. The molecule has 0 aliphatic heterocycles. The van der Waals surface area contributed by atoms with Gasteiger partial charge in [-0.2, -0.15) is 0 Å². The van der Waals surface area contributed by atoms with Crippen molar-refractivity contribution in [3.8, 4) is 0 Å². The molecular weight excluding hydrogens is 224 g/mol. The van der Waals surface area contributed by atoms with Crippen LogP contribution in [-0.2, 0) is 0 Å². The maximum absolute atomic E-state index is 12.1. The number of hydrogen-bond acceptors (Lipinski definition) is 5. The van der Waals surface area contributed by atoms with Crippen molar-refractivity contribution in [1.82, 2.24) is 15.1 Å². The van der Waals surface area contributed by atoms with Crippen LogP contribution in [0, 0.1) is 5.92 Å². The number of nitrogens with zero attached hydrogens (tertiary/aromatic N) is 3.